The van der Waals surface area contributed by atoms with Gasteiger partial charge in [0.1, 0.15) is 0 Å². The molecule has 3 atom stereocenters. The number of carbonyl (C=O) groups excluding carboxylic acids is 2. The van der Waals surface area contributed by atoms with Crippen LogP contribution in [0.2, 0.25) is 0 Å². The molecule has 5 heteroatoms. The van der Waals surface area contributed by atoms with Gasteiger partial charge in [0.05, 0.1) is 18.6 Å². The van der Waals surface area contributed by atoms with Crippen molar-refractivity contribution in [2.45, 2.75) is 65.0 Å². The van der Waals surface area contributed by atoms with Crippen LogP contribution < -0.4 is 5.32 Å². The molecular weight excluding hydrogens is 340 g/mol. The van der Waals surface area contributed by atoms with E-state index in [2.05, 4.69) is 12.2 Å². The van der Waals surface area contributed by atoms with Gasteiger partial charge in [-0.25, -0.2) is 0 Å². The summed E-state index contributed by atoms with van der Waals surface area (Å²) >= 11 is 0. The topological polar surface area (TPSA) is 58.6 Å². The number of nitrogens with zero attached hydrogens (tertiary/aromatic N) is 1. The molecule has 5 nitrogen and oxygen atoms in total. The van der Waals surface area contributed by atoms with Gasteiger partial charge in [-0.15, -0.1) is 0 Å². The molecule has 0 radical (unpaired) electrons. The zero-order chi connectivity index (χ0) is 19.8. The number of aryl methyl sites for hydroxylation is 1. The number of nitrogens with one attached hydrogen (secondary N) is 1. The van der Waals surface area contributed by atoms with E-state index < -0.39 is 0 Å². The summed E-state index contributed by atoms with van der Waals surface area (Å²) < 4.78 is 6.02. The van der Waals surface area contributed by atoms with Gasteiger partial charge >= 0.3 is 0 Å². The number of hydrogen-bond donors (Lipinski definition) is 1. The Morgan fingerprint density at radius 1 is 1.26 bits per heavy atom. The Morgan fingerprint density at radius 2 is 2.04 bits per heavy atom. The first-order valence-electron chi connectivity index (χ1n) is 10.2. The van der Waals surface area contributed by atoms with Crippen molar-refractivity contribution in [3.8, 4) is 0 Å². The van der Waals surface area contributed by atoms with Crippen LogP contribution in [-0.2, 0) is 20.7 Å². The first-order valence-corrected chi connectivity index (χ1v) is 10.2. The van der Waals surface area contributed by atoms with Gasteiger partial charge in [-0.05, 0) is 45.1 Å². The van der Waals surface area contributed by atoms with Crippen LogP contribution in [0.5, 0.6) is 0 Å². The van der Waals surface area contributed by atoms with Crippen molar-refractivity contribution in [3.63, 3.8) is 0 Å². The third kappa shape index (κ3) is 6.35. The SMILES string of the molecule is CCCO[C@@H]1C[C@@H](C(=O)N(C)CC)CC[C@H]1NC(=O)Cc1cccc(C)c1. The molecule has 2 rings (SSSR count). The lowest BCUT2D eigenvalue weighted by atomic mass is 9.82. The molecule has 150 valence electrons. The van der Waals surface area contributed by atoms with E-state index in [9.17, 15) is 9.59 Å². The van der Waals surface area contributed by atoms with Crippen molar-refractivity contribution in [2.24, 2.45) is 5.92 Å². The van der Waals surface area contributed by atoms with E-state index in [0.29, 0.717) is 26.0 Å². The van der Waals surface area contributed by atoms with Gasteiger partial charge < -0.3 is 15.0 Å². The maximum atomic E-state index is 12.5. The second kappa shape index (κ2) is 10.5. The molecule has 0 heterocycles. The number of hydrogen-bond acceptors (Lipinski definition) is 3. The number of rotatable bonds is 8. The molecule has 0 bridgehead atoms. The van der Waals surface area contributed by atoms with Crippen molar-refractivity contribution < 1.29 is 14.3 Å². The molecule has 0 aromatic heterocycles. The molecule has 1 aromatic rings. The second-order valence-electron chi connectivity index (χ2n) is 7.61. The first kappa shape index (κ1) is 21.4. The normalized spacial score (nSPS) is 22.3. The van der Waals surface area contributed by atoms with E-state index in [1.807, 2.05) is 45.2 Å². The summed E-state index contributed by atoms with van der Waals surface area (Å²) in [5.41, 5.74) is 2.18. The lowest BCUT2D eigenvalue weighted by molar-refractivity contribution is -0.138. The van der Waals surface area contributed by atoms with Gasteiger partial charge in [0, 0.05) is 26.1 Å². The Bertz CT molecular complexity index is 632. The van der Waals surface area contributed by atoms with Gasteiger partial charge in [0.25, 0.3) is 0 Å². The molecule has 1 aliphatic carbocycles. The minimum absolute atomic E-state index is 0.0123. The van der Waals surface area contributed by atoms with Crippen molar-refractivity contribution >= 4 is 11.8 Å². The molecule has 0 unspecified atom stereocenters. The monoisotopic (exact) mass is 374 g/mol. The lowest BCUT2D eigenvalue weighted by Crippen LogP contribution is -2.50. The first-order chi connectivity index (χ1) is 12.9. The molecule has 0 saturated heterocycles. The Hall–Kier alpha value is -1.88. The Kier molecular flexibility index (Phi) is 8.29. The van der Waals surface area contributed by atoms with E-state index in [0.717, 1.165) is 30.4 Å². The smallest absolute Gasteiger partial charge is 0.225 e. The van der Waals surface area contributed by atoms with Gasteiger partial charge in [0.2, 0.25) is 11.8 Å². The van der Waals surface area contributed by atoms with Crippen LogP contribution in [0.1, 0.15) is 50.7 Å². The fourth-order valence-electron chi connectivity index (χ4n) is 3.70. The number of amides is 2. The highest BCUT2D eigenvalue weighted by atomic mass is 16.5. The largest absolute Gasteiger partial charge is 0.376 e. The summed E-state index contributed by atoms with van der Waals surface area (Å²) in [7, 11) is 1.85. The van der Waals surface area contributed by atoms with Crippen LogP contribution in [0.4, 0.5) is 0 Å². The number of carbonyl (C=O) groups is 2. The summed E-state index contributed by atoms with van der Waals surface area (Å²) in [6, 6.07) is 8.01. The summed E-state index contributed by atoms with van der Waals surface area (Å²) in [5.74, 6) is 0.194. The highest BCUT2D eigenvalue weighted by Gasteiger charge is 2.36. The number of ether oxygens (including phenoxy) is 1. The molecule has 0 spiro atoms. The molecule has 1 aromatic carbocycles. The molecule has 2 amide bonds. The van der Waals surface area contributed by atoms with Gasteiger partial charge in [-0.1, -0.05) is 36.8 Å². The average molecular weight is 375 g/mol. The highest BCUT2D eigenvalue weighted by Crippen LogP contribution is 2.28. The molecule has 1 N–H and O–H groups in total. The van der Waals surface area contributed by atoms with E-state index >= 15 is 0 Å². The van der Waals surface area contributed by atoms with E-state index in [-0.39, 0.29) is 29.9 Å². The van der Waals surface area contributed by atoms with E-state index in [1.165, 1.54) is 0 Å². The van der Waals surface area contributed by atoms with E-state index in [4.69, 9.17) is 4.74 Å². The Morgan fingerprint density at radius 3 is 2.70 bits per heavy atom. The third-order valence-corrected chi connectivity index (χ3v) is 5.32. The minimum Gasteiger partial charge on any atom is -0.376 e. The fraction of sp³-hybridized carbons (Fsp3) is 0.636. The zero-order valence-corrected chi connectivity index (χ0v) is 17.2. The van der Waals surface area contributed by atoms with Crippen molar-refractivity contribution in [1.82, 2.24) is 10.2 Å². The Balaban J connectivity index is 1.97. The van der Waals surface area contributed by atoms with Gasteiger partial charge in [-0.2, -0.15) is 0 Å². The predicted molar refractivity (Wildman–Crippen MR) is 107 cm³/mol. The van der Waals surface area contributed by atoms with Crippen molar-refractivity contribution in [1.29, 1.82) is 0 Å². The van der Waals surface area contributed by atoms with Gasteiger partial charge in [-0.3, -0.25) is 9.59 Å². The zero-order valence-electron chi connectivity index (χ0n) is 17.2. The standard InChI is InChI=1S/C22H34N2O3/c1-5-12-27-20-15-18(22(26)24(4)6-2)10-11-19(20)23-21(25)14-17-9-7-8-16(3)13-17/h7-9,13,18-20H,5-6,10-12,14-15H2,1-4H3,(H,23,25)/t18-,19+,20+/m0/s1. The van der Waals surface area contributed by atoms with Crippen LogP contribution in [-0.4, -0.2) is 49.1 Å². The fourth-order valence-corrected chi connectivity index (χ4v) is 3.70. The van der Waals surface area contributed by atoms with Crippen LogP contribution >= 0.6 is 0 Å². The highest BCUT2D eigenvalue weighted by molar-refractivity contribution is 5.80. The molecule has 1 saturated carbocycles. The quantitative estimate of drug-likeness (QED) is 0.761. The maximum absolute atomic E-state index is 12.5. The van der Waals surface area contributed by atoms with Crippen LogP contribution in [0.15, 0.2) is 24.3 Å². The van der Waals surface area contributed by atoms with Crippen LogP contribution in [0, 0.1) is 12.8 Å². The maximum Gasteiger partial charge on any atom is 0.225 e. The second-order valence-corrected chi connectivity index (χ2v) is 7.61. The number of benzene rings is 1. The summed E-state index contributed by atoms with van der Waals surface area (Å²) in [6.07, 6.45) is 3.46. The van der Waals surface area contributed by atoms with Crippen LogP contribution in [0.25, 0.3) is 0 Å². The van der Waals surface area contributed by atoms with Gasteiger partial charge in [0.15, 0.2) is 0 Å². The predicted octanol–water partition coefficient (Wildman–Crippen LogP) is 3.10. The third-order valence-electron chi connectivity index (χ3n) is 5.32. The minimum atomic E-state index is -0.0978. The van der Waals surface area contributed by atoms with Crippen molar-refractivity contribution in [2.75, 3.05) is 20.2 Å². The average Bonchev–Trinajstić information content (AvgIpc) is 2.65. The summed E-state index contributed by atoms with van der Waals surface area (Å²) in [6.45, 7) is 7.45. The van der Waals surface area contributed by atoms with Crippen LogP contribution in [0.3, 0.4) is 0 Å². The molecule has 0 aliphatic heterocycles. The Labute approximate surface area is 163 Å². The molecule has 1 fully saturated rings. The molecule has 27 heavy (non-hydrogen) atoms. The lowest BCUT2D eigenvalue weighted by Gasteiger charge is -2.37. The van der Waals surface area contributed by atoms with E-state index in [1.54, 1.807) is 4.90 Å². The summed E-state index contributed by atoms with van der Waals surface area (Å²) in [4.78, 5) is 26.8. The molecule has 1 aliphatic rings. The van der Waals surface area contributed by atoms with Crippen molar-refractivity contribution in [3.05, 3.63) is 35.4 Å². The molecular formula is C22H34N2O3. The summed E-state index contributed by atoms with van der Waals surface area (Å²) in [5, 5.41) is 3.16.